The van der Waals surface area contributed by atoms with Gasteiger partial charge in [-0.2, -0.15) is 0 Å². The van der Waals surface area contributed by atoms with E-state index in [0.717, 1.165) is 34.0 Å². The van der Waals surface area contributed by atoms with Crippen molar-refractivity contribution in [2.45, 2.75) is 20.3 Å². The summed E-state index contributed by atoms with van der Waals surface area (Å²) in [6, 6.07) is 15.5. The van der Waals surface area contributed by atoms with Gasteiger partial charge in [-0.05, 0) is 50.2 Å². The van der Waals surface area contributed by atoms with E-state index in [1.807, 2.05) is 62.4 Å². The van der Waals surface area contributed by atoms with Crippen LogP contribution in [-0.4, -0.2) is 24.5 Å². The minimum absolute atomic E-state index is 0.0393. The zero-order chi connectivity index (χ0) is 18.5. The fraction of sp³-hybridized carbons (Fsp3) is 0.238. The molecule has 1 amide bonds. The van der Waals surface area contributed by atoms with Crippen molar-refractivity contribution in [1.82, 2.24) is 10.3 Å². The summed E-state index contributed by atoms with van der Waals surface area (Å²) in [4.78, 5) is 18.0. The zero-order valence-corrected chi connectivity index (χ0v) is 16.0. The Morgan fingerprint density at radius 3 is 2.42 bits per heavy atom. The standard InChI is InChI=1S/C21H22N2O2S/c1-14-4-6-16(7-5-14)20(24)22-13-12-19-15(2)23-21(26-19)17-8-10-18(25-3)11-9-17/h4-11H,12-13H2,1-3H3,(H,22,24). The van der Waals surface area contributed by atoms with Crippen LogP contribution in [0.3, 0.4) is 0 Å². The highest BCUT2D eigenvalue weighted by Crippen LogP contribution is 2.29. The largest absolute Gasteiger partial charge is 0.497 e. The first-order chi connectivity index (χ1) is 12.6. The molecule has 0 atom stereocenters. The molecule has 0 aliphatic heterocycles. The molecule has 3 rings (SSSR count). The number of nitrogens with one attached hydrogen (secondary N) is 1. The zero-order valence-electron chi connectivity index (χ0n) is 15.2. The maximum Gasteiger partial charge on any atom is 0.251 e. The molecule has 5 heteroatoms. The van der Waals surface area contributed by atoms with Gasteiger partial charge in [0.25, 0.3) is 5.91 Å². The van der Waals surface area contributed by atoms with Crippen molar-refractivity contribution in [3.8, 4) is 16.3 Å². The molecule has 0 unspecified atom stereocenters. The predicted molar refractivity (Wildman–Crippen MR) is 106 cm³/mol. The Hall–Kier alpha value is -2.66. The number of hydrogen-bond acceptors (Lipinski definition) is 4. The number of nitrogens with zero attached hydrogens (tertiary/aromatic N) is 1. The average molecular weight is 366 g/mol. The molecule has 0 saturated carbocycles. The molecular weight excluding hydrogens is 344 g/mol. The number of aryl methyl sites for hydroxylation is 2. The molecule has 0 fully saturated rings. The Bertz CT molecular complexity index is 883. The summed E-state index contributed by atoms with van der Waals surface area (Å²) in [6.45, 7) is 4.62. The van der Waals surface area contributed by atoms with E-state index in [9.17, 15) is 4.79 Å². The topological polar surface area (TPSA) is 51.2 Å². The summed E-state index contributed by atoms with van der Waals surface area (Å²) in [7, 11) is 1.66. The number of rotatable bonds is 6. The summed E-state index contributed by atoms with van der Waals surface area (Å²) in [5.74, 6) is 0.795. The number of aromatic nitrogens is 1. The summed E-state index contributed by atoms with van der Waals surface area (Å²) in [6.07, 6.45) is 0.775. The minimum atomic E-state index is -0.0393. The first-order valence-electron chi connectivity index (χ1n) is 8.52. The van der Waals surface area contributed by atoms with Gasteiger partial charge in [-0.3, -0.25) is 4.79 Å². The fourth-order valence-electron chi connectivity index (χ4n) is 2.61. The monoisotopic (exact) mass is 366 g/mol. The molecule has 0 bridgehead atoms. The van der Waals surface area contributed by atoms with Gasteiger partial charge in [0, 0.05) is 29.0 Å². The van der Waals surface area contributed by atoms with Crippen LogP contribution in [0.2, 0.25) is 0 Å². The van der Waals surface area contributed by atoms with E-state index in [0.29, 0.717) is 12.1 Å². The van der Waals surface area contributed by atoms with Crippen LogP contribution >= 0.6 is 11.3 Å². The maximum atomic E-state index is 12.2. The van der Waals surface area contributed by atoms with Gasteiger partial charge in [-0.25, -0.2) is 4.98 Å². The maximum absolute atomic E-state index is 12.2. The summed E-state index contributed by atoms with van der Waals surface area (Å²) < 4.78 is 5.20. The predicted octanol–water partition coefficient (Wildman–Crippen LogP) is 4.41. The highest BCUT2D eigenvalue weighted by Gasteiger charge is 2.11. The van der Waals surface area contributed by atoms with E-state index >= 15 is 0 Å². The van der Waals surface area contributed by atoms with Gasteiger partial charge in [0.05, 0.1) is 12.8 Å². The molecule has 4 nitrogen and oxygen atoms in total. The van der Waals surface area contributed by atoms with Gasteiger partial charge in [-0.1, -0.05) is 17.7 Å². The third-order valence-corrected chi connectivity index (χ3v) is 5.45. The average Bonchev–Trinajstić information content (AvgIpc) is 3.03. The van der Waals surface area contributed by atoms with Crippen molar-refractivity contribution in [3.63, 3.8) is 0 Å². The van der Waals surface area contributed by atoms with Crippen LogP contribution in [0.25, 0.3) is 10.6 Å². The smallest absolute Gasteiger partial charge is 0.251 e. The highest BCUT2D eigenvalue weighted by molar-refractivity contribution is 7.15. The van der Waals surface area contributed by atoms with Gasteiger partial charge in [0.2, 0.25) is 0 Å². The van der Waals surface area contributed by atoms with E-state index in [-0.39, 0.29) is 5.91 Å². The quantitative estimate of drug-likeness (QED) is 0.703. The van der Waals surface area contributed by atoms with E-state index in [4.69, 9.17) is 4.74 Å². The lowest BCUT2D eigenvalue weighted by Gasteiger charge is -2.05. The molecule has 0 aliphatic rings. The normalized spacial score (nSPS) is 10.6. The van der Waals surface area contributed by atoms with Gasteiger partial charge in [0.1, 0.15) is 10.8 Å². The van der Waals surface area contributed by atoms with Crippen molar-refractivity contribution < 1.29 is 9.53 Å². The first kappa shape index (κ1) is 18.1. The molecular formula is C21H22N2O2S. The number of amides is 1. The summed E-state index contributed by atoms with van der Waals surface area (Å²) in [5, 5.41) is 3.97. The van der Waals surface area contributed by atoms with Crippen molar-refractivity contribution in [2.24, 2.45) is 0 Å². The summed E-state index contributed by atoms with van der Waals surface area (Å²) >= 11 is 1.67. The Labute approximate surface area is 157 Å². The number of ether oxygens (including phenoxy) is 1. The van der Waals surface area contributed by atoms with E-state index in [1.54, 1.807) is 18.4 Å². The number of methoxy groups -OCH3 is 1. The molecule has 134 valence electrons. The van der Waals surface area contributed by atoms with Gasteiger partial charge in [-0.15, -0.1) is 11.3 Å². The first-order valence-corrected chi connectivity index (χ1v) is 9.34. The van der Waals surface area contributed by atoms with Crippen LogP contribution in [0, 0.1) is 13.8 Å². The van der Waals surface area contributed by atoms with Gasteiger partial charge in [0.15, 0.2) is 0 Å². The molecule has 3 aromatic rings. The lowest BCUT2D eigenvalue weighted by atomic mass is 10.1. The van der Waals surface area contributed by atoms with Crippen molar-refractivity contribution >= 4 is 17.2 Å². The third-order valence-electron chi connectivity index (χ3n) is 4.18. The van der Waals surface area contributed by atoms with Crippen LogP contribution in [0.15, 0.2) is 48.5 Å². The van der Waals surface area contributed by atoms with E-state index in [1.165, 1.54) is 4.88 Å². The second-order valence-electron chi connectivity index (χ2n) is 6.13. The van der Waals surface area contributed by atoms with Gasteiger partial charge >= 0.3 is 0 Å². The van der Waals surface area contributed by atoms with Crippen LogP contribution in [0.4, 0.5) is 0 Å². The minimum Gasteiger partial charge on any atom is -0.497 e. The van der Waals surface area contributed by atoms with E-state index in [2.05, 4.69) is 10.3 Å². The Morgan fingerprint density at radius 2 is 1.77 bits per heavy atom. The molecule has 1 heterocycles. The number of carbonyl (C=O) groups excluding carboxylic acids is 1. The number of carbonyl (C=O) groups is 1. The Morgan fingerprint density at radius 1 is 1.08 bits per heavy atom. The SMILES string of the molecule is COc1ccc(-c2nc(C)c(CCNC(=O)c3ccc(C)cc3)s2)cc1. The highest BCUT2D eigenvalue weighted by atomic mass is 32.1. The van der Waals surface area contributed by atoms with Gasteiger partial charge < -0.3 is 10.1 Å². The number of hydrogen-bond donors (Lipinski definition) is 1. The fourth-order valence-corrected chi connectivity index (χ4v) is 3.68. The second-order valence-corrected chi connectivity index (χ2v) is 7.21. The van der Waals surface area contributed by atoms with Crippen LogP contribution in [0.5, 0.6) is 5.75 Å². The molecule has 2 aromatic carbocycles. The van der Waals surface area contributed by atoms with Crippen LogP contribution in [-0.2, 0) is 6.42 Å². The number of benzene rings is 2. The molecule has 0 aliphatic carbocycles. The molecule has 0 saturated heterocycles. The third kappa shape index (κ3) is 4.29. The van der Waals surface area contributed by atoms with Crippen LogP contribution < -0.4 is 10.1 Å². The van der Waals surface area contributed by atoms with Crippen molar-refractivity contribution in [2.75, 3.05) is 13.7 Å². The Kier molecular flexibility index (Phi) is 5.68. The lowest BCUT2D eigenvalue weighted by molar-refractivity contribution is 0.0954. The number of thiazole rings is 1. The lowest BCUT2D eigenvalue weighted by Crippen LogP contribution is -2.25. The molecule has 26 heavy (non-hydrogen) atoms. The molecule has 0 spiro atoms. The van der Waals surface area contributed by atoms with Crippen molar-refractivity contribution in [3.05, 3.63) is 70.2 Å². The summed E-state index contributed by atoms with van der Waals surface area (Å²) in [5.41, 5.74) is 3.93. The molecule has 1 N–H and O–H groups in total. The Balaban J connectivity index is 1.60. The molecule has 0 radical (unpaired) electrons. The van der Waals surface area contributed by atoms with Crippen LogP contribution in [0.1, 0.15) is 26.5 Å². The second kappa shape index (κ2) is 8.15. The molecule has 1 aromatic heterocycles. The van der Waals surface area contributed by atoms with E-state index < -0.39 is 0 Å². The van der Waals surface area contributed by atoms with Crippen molar-refractivity contribution in [1.29, 1.82) is 0 Å².